The molecule has 2 aromatic carbocycles. The van der Waals surface area contributed by atoms with Crippen LogP contribution >= 0.6 is 28.7 Å². The largest absolute Gasteiger partial charge is 0.466 e. The Balaban J connectivity index is 0.00000364. The predicted molar refractivity (Wildman–Crippen MR) is 114 cm³/mol. The average Bonchev–Trinajstić information content (AvgIpc) is 2.65. The van der Waals surface area contributed by atoms with Gasteiger partial charge in [0.2, 0.25) is 0 Å². The lowest BCUT2D eigenvalue weighted by Crippen LogP contribution is -2.12. The molecule has 2 N–H and O–H groups in total. The van der Waals surface area contributed by atoms with Crippen LogP contribution < -0.4 is 5.73 Å². The third kappa shape index (κ3) is 6.87. The minimum Gasteiger partial charge on any atom is -0.466 e. The van der Waals surface area contributed by atoms with Crippen LogP contribution in [0.5, 0.6) is 0 Å². The lowest BCUT2D eigenvalue weighted by Gasteiger charge is -2.06. The van der Waals surface area contributed by atoms with E-state index in [1.54, 1.807) is 30.3 Å². The van der Waals surface area contributed by atoms with Crippen LogP contribution in [0.2, 0.25) is 0 Å². The van der Waals surface area contributed by atoms with E-state index >= 15 is 0 Å². The van der Waals surface area contributed by atoms with Gasteiger partial charge in [0.05, 0.1) is 23.3 Å². The maximum atomic E-state index is 12.0. The number of aliphatic imine (C=N–C) groups is 1. The first-order valence-corrected chi connectivity index (χ1v) is 8.54. The van der Waals surface area contributed by atoms with Crippen LogP contribution in [0.1, 0.15) is 5.56 Å². The monoisotopic (exact) mass is 451 g/mol. The molecule has 0 heterocycles. The first kappa shape index (κ1) is 22.4. The van der Waals surface area contributed by atoms with Gasteiger partial charge < -0.3 is 10.5 Å². The molecule has 142 valence electrons. The van der Waals surface area contributed by atoms with Gasteiger partial charge in [-0.05, 0) is 24.3 Å². The second kappa shape index (κ2) is 11.1. The van der Waals surface area contributed by atoms with Gasteiger partial charge in [0.25, 0.3) is 5.69 Å². The number of nitro benzene ring substituents is 1. The van der Waals surface area contributed by atoms with Gasteiger partial charge in [0, 0.05) is 17.4 Å². The van der Waals surface area contributed by atoms with E-state index in [1.165, 1.54) is 19.3 Å². The molecule has 0 radical (unpaired) electrons. The van der Waals surface area contributed by atoms with Crippen LogP contribution in [0.4, 0.5) is 11.4 Å². The number of carbonyl (C=O) groups is 1. The molecule has 0 amide bonds. The SMILES string of the molecule is Br.COC(=O)/C(=C/c1ccccc1[N+](=O)[O-])CSC(N)=Nc1ccccc1. The number of esters is 1. The van der Waals surface area contributed by atoms with E-state index in [4.69, 9.17) is 10.5 Å². The van der Waals surface area contributed by atoms with E-state index in [-0.39, 0.29) is 39.2 Å². The van der Waals surface area contributed by atoms with E-state index in [9.17, 15) is 14.9 Å². The molecule has 27 heavy (non-hydrogen) atoms. The normalized spacial score (nSPS) is 11.4. The second-order valence-corrected chi connectivity index (χ2v) is 6.05. The molecule has 0 spiro atoms. The Hall–Kier alpha value is -2.65. The van der Waals surface area contributed by atoms with Crippen LogP contribution in [-0.4, -0.2) is 28.9 Å². The van der Waals surface area contributed by atoms with Gasteiger partial charge in [-0.1, -0.05) is 42.1 Å². The maximum absolute atomic E-state index is 12.0. The highest BCUT2D eigenvalue weighted by Crippen LogP contribution is 2.23. The van der Waals surface area contributed by atoms with E-state index in [0.29, 0.717) is 11.3 Å². The molecular formula is C18H18BrN3O4S. The fraction of sp³-hybridized carbons (Fsp3) is 0.111. The van der Waals surface area contributed by atoms with E-state index in [1.807, 2.05) is 18.2 Å². The zero-order valence-electron chi connectivity index (χ0n) is 14.4. The molecule has 7 nitrogen and oxygen atoms in total. The van der Waals surface area contributed by atoms with Crippen molar-refractivity contribution in [2.24, 2.45) is 10.7 Å². The van der Waals surface area contributed by atoms with Crippen molar-refractivity contribution in [3.63, 3.8) is 0 Å². The van der Waals surface area contributed by atoms with Crippen LogP contribution in [0.15, 0.2) is 65.2 Å². The zero-order valence-corrected chi connectivity index (χ0v) is 16.9. The predicted octanol–water partition coefficient (Wildman–Crippen LogP) is 4.11. The van der Waals surface area contributed by atoms with Gasteiger partial charge in [-0.15, -0.1) is 17.0 Å². The Morgan fingerprint density at radius 2 is 1.85 bits per heavy atom. The minimum atomic E-state index is -0.580. The molecule has 0 aromatic heterocycles. The molecule has 2 rings (SSSR count). The Labute approximate surface area is 171 Å². The van der Waals surface area contributed by atoms with Crippen LogP contribution in [-0.2, 0) is 9.53 Å². The van der Waals surface area contributed by atoms with Gasteiger partial charge in [-0.25, -0.2) is 9.79 Å². The minimum absolute atomic E-state index is 0. The Morgan fingerprint density at radius 3 is 2.48 bits per heavy atom. The number of hydrogen-bond donors (Lipinski definition) is 1. The van der Waals surface area contributed by atoms with E-state index in [0.717, 1.165) is 11.8 Å². The van der Waals surface area contributed by atoms with E-state index < -0.39 is 10.9 Å². The number of benzene rings is 2. The summed E-state index contributed by atoms with van der Waals surface area (Å²) >= 11 is 1.15. The number of ether oxygens (including phenoxy) is 1. The number of thioether (sulfide) groups is 1. The standard InChI is InChI=1S/C18H17N3O4S.BrH/c1-25-17(22)14(11-13-7-5-6-10-16(13)21(23)24)12-26-18(19)20-15-8-3-2-4-9-15;/h2-11H,12H2,1H3,(H2,19,20);1H/b14-11+;. The van der Waals surface area contributed by atoms with Gasteiger partial charge in [0.1, 0.15) is 0 Å². The third-order valence-corrected chi connectivity index (χ3v) is 4.12. The smallest absolute Gasteiger partial charge is 0.334 e. The number of nitro groups is 1. The van der Waals surface area contributed by atoms with Crippen molar-refractivity contribution < 1.29 is 14.5 Å². The molecule has 9 heteroatoms. The summed E-state index contributed by atoms with van der Waals surface area (Å²) in [4.78, 5) is 26.9. The molecule has 0 fully saturated rings. The quantitative estimate of drug-likeness (QED) is 0.177. The molecule has 0 saturated heterocycles. The van der Waals surface area contributed by atoms with Crippen molar-refractivity contribution in [3.05, 3.63) is 75.8 Å². The summed E-state index contributed by atoms with van der Waals surface area (Å²) in [5, 5.41) is 11.4. The summed E-state index contributed by atoms with van der Waals surface area (Å²) in [6, 6.07) is 15.3. The Kier molecular flexibility index (Phi) is 9.24. The zero-order chi connectivity index (χ0) is 18.9. The van der Waals surface area contributed by atoms with Gasteiger partial charge in [-0.2, -0.15) is 0 Å². The number of nitrogens with zero attached hydrogens (tertiary/aromatic N) is 2. The number of hydrogen-bond acceptors (Lipinski definition) is 6. The number of amidine groups is 1. The fourth-order valence-corrected chi connectivity index (χ4v) is 2.74. The van der Waals surface area contributed by atoms with Gasteiger partial charge in [-0.3, -0.25) is 10.1 Å². The van der Waals surface area contributed by atoms with Crippen molar-refractivity contribution >= 4 is 57.3 Å². The van der Waals surface area contributed by atoms with Crippen molar-refractivity contribution in [2.75, 3.05) is 12.9 Å². The number of carbonyl (C=O) groups excluding carboxylic acids is 1. The molecule has 0 unspecified atom stereocenters. The molecule has 0 saturated carbocycles. The first-order valence-electron chi connectivity index (χ1n) is 7.55. The van der Waals surface area contributed by atoms with Crippen molar-refractivity contribution in [2.45, 2.75) is 0 Å². The summed E-state index contributed by atoms with van der Waals surface area (Å²) in [5.41, 5.74) is 7.06. The summed E-state index contributed by atoms with van der Waals surface area (Å²) in [6.45, 7) is 0. The summed E-state index contributed by atoms with van der Waals surface area (Å²) < 4.78 is 4.76. The molecule has 0 aliphatic rings. The Morgan fingerprint density at radius 1 is 1.22 bits per heavy atom. The van der Waals surface area contributed by atoms with Crippen LogP contribution in [0, 0.1) is 10.1 Å². The summed E-state index contributed by atoms with van der Waals surface area (Å²) in [7, 11) is 1.25. The van der Waals surface area contributed by atoms with E-state index in [2.05, 4.69) is 4.99 Å². The highest BCUT2D eigenvalue weighted by Gasteiger charge is 2.16. The number of para-hydroxylation sites is 2. The summed E-state index contributed by atoms with van der Waals surface area (Å²) in [5.74, 6) is -0.413. The lowest BCUT2D eigenvalue weighted by molar-refractivity contribution is -0.385. The van der Waals surface area contributed by atoms with Crippen LogP contribution in [0.3, 0.4) is 0 Å². The molecular weight excluding hydrogens is 434 g/mol. The first-order chi connectivity index (χ1) is 12.5. The van der Waals surface area contributed by atoms with Crippen molar-refractivity contribution in [3.8, 4) is 0 Å². The lowest BCUT2D eigenvalue weighted by atomic mass is 10.1. The topological polar surface area (TPSA) is 108 Å². The van der Waals surface area contributed by atoms with Gasteiger partial charge in [0.15, 0.2) is 5.17 Å². The number of rotatable bonds is 6. The average molecular weight is 452 g/mol. The second-order valence-electron chi connectivity index (χ2n) is 5.05. The number of nitrogens with two attached hydrogens (primary N) is 1. The summed E-state index contributed by atoms with van der Waals surface area (Å²) in [6.07, 6.45) is 1.44. The molecule has 2 aromatic rings. The fourth-order valence-electron chi connectivity index (χ4n) is 2.07. The van der Waals surface area contributed by atoms with Crippen molar-refractivity contribution in [1.82, 2.24) is 0 Å². The number of methoxy groups -OCH3 is 1. The highest BCUT2D eigenvalue weighted by molar-refractivity contribution is 8.93. The van der Waals surface area contributed by atoms with Crippen LogP contribution in [0.25, 0.3) is 6.08 Å². The Bertz CT molecular complexity index is 857. The molecule has 0 atom stereocenters. The number of halogens is 1. The molecule has 0 aliphatic heterocycles. The van der Waals surface area contributed by atoms with Crippen molar-refractivity contribution in [1.29, 1.82) is 0 Å². The molecule has 0 aliphatic carbocycles. The molecule has 0 bridgehead atoms. The van der Waals surface area contributed by atoms with Gasteiger partial charge >= 0.3 is 5.97 Å². The third-order valence-electron chi connectivity index (χ3n) is 3.28. The maximum Gasteiger partial charge on any atom is 0.334 e. The highest BCUT2D eigenvalue weighted by atomic mass is 79.9.